The number of benzene rings is 2. The number of nitrogens with zero attached hydrogens (tertiary/aromatic N) is 4. The third-order valence-corrected chi connectivity index (χ3v) is 3.70. The molecule has 0 atom stereocenters. The average molecular weight is 300 g/mol. The fourth-order valence-electron chi connectivity index (χ4n) is 2.55. The molecule has 2 heterocycles. The topological polar surface area (TPSA) is 35.6 Å². The van der Waals surface area contributed by atoms with E-state index in [0.29, 0.717) is 6.54 Å². The second-order valence-corrected chi connectivity index (χ2v) is 5.35. The van der Waals surface area contributed by atoms with E-state index < -0.39 is 0 Å². The lowest BCUT2D eigenvalue weighted by Crippen LogP contribution is -2.02. The van der Waals surface area contributed by atoms with E-state index in [0.717, 1.165) is 22.6 Å². The molecule has 2 aromatic heterocycles. The zero-order valence-corrected chi connectivity index (χ0v) is 12.6. The average Bonchev–Trinajstić information content (AvgIpc) is 3.27. The molecule has 0 N–H and O–H groups in total. The second-order valence-electron chi connectivity index (χ2n) is 5.35. The minimum absolute atomic E-state index is 0.659. The highest BCUT2D eigenvalue weighted by Gasteiger charge is 2.05. The van der Waals surface area contributed by atoms with E-state index in [-0.39, 0.29) is 0 Å². The molecular formula is C19H16N4. The standard InChI is InChI=1S/C19H16N4/c1-3-7-16(8-4-1)19-12-13-22(21-19)15-17-11-14-23(20-17)18-9-5-2-6-10-18/h1-14H,15H2. The first-order valence-corrected chi connectivity index (χ1v) is 7.57. The Morgan fingerprint density at radius 3 is 2.22 bits per heavy atom. The highest BCUT2D eigenvalue weighted by atomic mass is 15.3. The molecule has 0 radical (unpaired) electrons. The number of hydrogen-bond acceptors (Lipinski definition) is 2. The van der Waals surface area contributed by atoms with Gasteiger partial charge in [0.2, 0.25) is 0 Å². The van der Waals surface area contributed by atoms with Gasteiger partial charge in [0.25, 0.3) is 0 Å². The van der Waals surface area contributed by atoms with Crippen LogP contribution in [0.3, 0.4) is 0 Å². The lowest BCUT2D eigenvalue weighted by Gasteiger charge is -2.01. The molecule has 0 aliphatic heterocycles. The molecule has 0 fully saturated rings. The van der Waals surface area contributed by atoms with Gasteiger partial charge in [-0.1, -0.05) is 48.5 Å². The van der Waals surface area contributed by atoms with Crippen molar-refractivity contribution in [1.82, 2.24) is 19.6 Å². The molecule has 0 saturated carbocycles. The fourth-order valence-corrected chi connectivity index (χ4v) is 2.55. The molecule has 0 aliphatic carbocycles. The zero-order chi connectivity index (χ0) is 15.5. The maximum Gasteiger partial charge on any atom is 0.0923 e. The van der Waals surface area contributed by atoms with Gasteiger partial charge in [-0.3, -0.25) is 4.68 Å². The van der Waals surface area contributed by atoms with Crippen molar-refractivity contribution in [3.05, 3.63) is 90.9 Å². The third kappa shape index (κ3) is 2.92. The van der Waals surface area contributed by atoms with E-state index in [4.69, 9.17) is 0 Å². The maximum atomic E-state index is 4.63. The molecule has 4 nitrogen and oxygen atoms in total. The van der Waals surface area contributed by atoms with Crippen molar-refractivity contribution in [1.29, 1.82) is 0 Å². The minimum Gasteiger partial charge on any atom is -0.266 e. The maximum absolute atomic E-state index is 4.63. The molecule has 0 bridgehead atoms. The van der Waals surface area contributed by atoms with Gasteiger partial charge >= 0.3 is 0 Å². The largest absolute Gasteiger partial charge is 0.266 e. The Balaban J connectivity index is 1.53. The molecular weight excluding hydrogens is 284 g/mol. The van der Waals surface area contributed by atoms with Crippen molar-refractivity contribution in [2.75, 3.05) is 0 Å². The fraction of sp³-hybridized carbons (Fsp3) is 0.0526. The van der Waals surface area contributed by atoms with E-state index >= 15 is 0 Å². The normalized spacial score (nSPS) is 10.8. The van der Waals surface area contributed by atoms with Crippen LogP contribution < -0.4 is 0 Å². The van der Waals surface area contributed by atoms with E-state index in [1.807, 2.05) is 82.4 Å². The minimum atomic E-state index is 0.659. The van der Waals surface area contributed by atoms with Gasteiger partial charge in [0, 0.05) is 18.0 Å². The van der Waals surface area contributed by atoms with Crippen LogP contribution in [-0.2, 0) is 6.54 Å². The van der Waals surface area contributed by atoms with E-state index in [2.05, 4.69) is 22.3 Å². The number of para-hydroxylation sites is 1. The number of rotatable bonds is 4. The predicted molar refractivity (Wildman–Crippen MR) is 90.3 cm³/mol. The van der Waals surface area contributed by atoms with Gasteiger partial charge in [-0.05, 0) is 24.3 Å². The van der Waals surface area contributed by atoms with Crippen molar-refractivity contribution < 1.29 is 0 Å². The summed E-state index contributed by atoms with van der Waals surface area (Å²) in [5.74, 6) is 0. The summed E-state index contributed by atoms with van der Waals surface area (Å²) in [5.41, 5.74) is 4.15. The predicted octanol–water partition coefficient (Wildman–Crippen LogP) is 3.78. The molecule has 112 valence electrons. The summed E-state index contributed by atoms with van der Waals surface area (Å²) in [4.78, 5) is 0. The SMILES string of the molecule is c1ccc(-c2ccn(Cc3ccn(-c4ccccc4)n3)n2)cc1. The number of aromatic nitrogens is 4. The highest BCUT2D eigenvalue weighted by Crippen LogP contribution is 2.16. The van der Waals surface area contributed by atoms with Crippen LogP contribution in [0.2, 0.25) is 0 Å². The smallest absolute Gasteiger partial charge is 0.0923 e. The lowest BCUT2D eigenvalue weighted by molar-refractivity contribution is 0.665. The Kier molecular flexibility index (Phi) is 3.48. The van der Waals surface area contributed by atoms with Crippen molar-refractivity contribution in [2.24, 2.45) is 0 Å². The third-order valence-electron chi connectivity index (χ3n) is 3.70. The second kappa shape index (κ2) is 5.93. The monoisotopic (exact) mass is 300 g/mol. The van der Waals surface area contributed by atoms with Gasteiger partial charge in [0.05, 0.1) is 23.6 Å². The molecule has 0 unspecified atom stereocenters. The van der Waals surface area contributed by atoms with E-state index in [1.54, 1.807) is 0 Å². The van der Waals surface area contributed by atoms with Crippen LogP contribution in [0, 0.1) is 0 Å². The van der Waals surface area contributed by atoms with Gasteiger partial charge < -0.3 is 0 Å². The lowest BCUT2D eigenvalue weighted by atomic mass is 10.2. The summed E-state index contributed by atoms with van der Waals surface area (Å²) in [5, 5.41) is 9.24. The molecule has 23 heavy (non-hydrogen) atoms. The first-order valence-electron chi connectivity index (χ1n) is 7.57. The molecule has 2 aromatic carbocycles. The molecule has 4 rings (SSSR count). The Morgan fingerprint density at radius 2 is 1.43 bits per heavy atom. The summed E-state index contributed by atoms with van der Waals surface area (Å²) in [7, 11) is 0. The quantitative estimate of drug-likeness (QED) is 0.575. The van der Waals surface area contributed by atoms with Gasteiger partial charge in [-0.2, -0.15) is 10.2 Å². The van der Waals surface area contributed by atoms with Crippen molar-refractivity contribution in [3.63, 3.8) is 0 Å². The Bertz CT molecular complexity index is 816. The van der Waals surface area contributed by atoms with Crippen LogP contribution in [-0.4, -0.2) is 19.6 Å². The van der Waals surface area contributed by atoms with Gasteiger partial charge in [-0.15, -0.1) is 0 Å². The highest BCUT2D eigenvalue weighted by molar-refractivity contribution is 5.58. The van der Waals surface area contributed by atoms with Crippen LogP contribution in [0.4, 0.5) is 0 Å². The van der Waals surface area contributed by atoms with Crippen molar-refractivity contribution >= 4 is 0 Å². The van der Waals surface area contributed by atoms with E-state index in [1.165, 1.54) is 0 Å². The number of hydrogen-bond donors (Lipinski definition) is 0. The molecule has 4 heteroatoms. The first kappa shape index (κ1) is 13.5. The summed E-state index contributed by atoms with van der Waals surface area (Å²) >= 11 is 0. The zero-order valence-electron chi connectivity index (χ0n) is 12.6. The van der Waals surface area contributed by atoms with Gasteiger partial charge in [0.15, 0.2) is 0 Å². The summed E-state index contributed by atoms with van der Waals surface area (Å²) in [6, 6.07) is 24.3. The molecule has 0 saturated heterocycles. The van der Waals surface area contributed by atoms with Crippen LogP contribution in [0.1, 0.15) is 5.69 Å². The summed E-state index contributed by atoms with van der Waals surface area (Å²) < 4.78 is 3.80. The molecule has 0 aliphatic rings. The van der Waals surface area contributed by atoms with Crippen LogP contribution in [0.25, 0.3) is 16.9 Å². The summed E-state index contributed by atoms with van der Waals surface area (Å²) in [6.07, 6.45) is 3.97. The van der Waals surface area contributed by atoms with E-state index in [9.17, 15) is 0 Å². The Morgan fingerprint density at radius 1 is 0.696 bits per heavy atom. The molecule has 0 spiro atoms. The van der Waals surface area contributed by atoms with Gasteiger partial charge in [0.1, 0.15) is 0 Å². The van der Waals surface area contributed by atoms with Crippen LogP contribution >= 0.6 is 0 Å². The Hall–Kier alpha value is -3.14. The van der Waals surface area contributed by atoms with Crippen molar-refractivity contribution in [2.45, 2.75) is 6.54 Å². The summed E-state index contributed by atoms with van der Waals surface area (Å²) in [6.45, 7) is 0.659. The van der Waals surface area contributed by atoms with Gasteiger partial charge in [-0.25, -0.2) is 4.68 Å². The Labute approximate surface area is 134 Å². The molecule has 4 aromatic rings. The van der Waals surface area contributed by atoms with Crippen LogP contribution in [0.5, 0.6) is 0 Å². The van der Waals surface area contributed by atoms with Crippen LogP contribution in [0.15, 0.2) is 85.2 Å². The molecule has 0 amide bonds. The van der Waals surface area contributed by atoms with Crippen molar-refractivity contribution in [3.8, 4) is 16.9 Å². The first-order chi connectivity index (χ1) is 11.4.